The monoisotopic (exact) mass is 244 g/mol. The van der Waals surface area contributed by atoms with E-state index in [2.05, 4.69) is 4.98 Å². The number of aromatic hydroxyl groups is 1. The molecule has 2 rings (SSSR count). The zero-order valence-corrected chi connectivity index (χ0v) is 8.86. The lowest BCUT2D eigenvalue weighted by Crippen LogP contribution is -2.11. The highest BCUT2D eigenvalue weighted by atomic mass is 35.5. The minimum absolute atomic E-state index is 0.235. The molecule has 6 heteroatoms. The highest BCUT2D eigenvalue weighted by Gasteiger charge is 2.10. The van der Waals surface area contributed by atoms with Crippen LogP contribution in [0.1, 0.15) is 0 Å². The number of halogens is 2. The van der Waals surface area contributed by atoms with Crippen molar-refractivity contribution >= 4 is 39.8 Å². The van der Waals surface area contributed by atoms with Crippen LogP contribution in [0.25, 0.3) is 10.9 Å². The van der Waals surface area contributed by atoms with Crippen molar-refractivity contribution in [3.63, 3.8) is 0 Å². The average Bonchev–Trinajstić information content (AvgIpc) is 2.19. The molecular formula is C9H6Cl2N2O2. The number of aromatic amines is 1. The Bertz CT molecular complexity index is 607. The van der Waals surface area contributed by atoms with E-state index < -0.39 is 5.56 Å². The fraction of sp³-hybridized carbons (Fsp3) is 0. The fourth-order valence-corrected chi connectivity index (χ4v) is 1.62. The van der Waals surface area contributed by atoms with E-state index in [0.717, 1.165) is 0 Å². The Morgan fingerprint density at radius 2 is 1.87 bits per heavy atom. The van der Waals surface area contributed by atoms with Crippen LogP contribution < -0.4 is 11.3 Å². The highest BCUT2D eigenvalue weighted by molar-refractivity contribution is 6.42. The Hall–Kier alpha value is -1.39. The van der Waals surface area contributed by atoms with Gasteiger partial charge in [0.15, 0.2) is 5.75 Å². The molecule has 2 aromatic rings. The Morgan fingerprint density at radius 1 is 1.27 bits per heavy atom. The molecule has 0 aliphatic carbocycles. The van der Waals surface area contributed by atoms with Gasteiger partial charge < -0.3 is 15.8 Å². The minimum atomic E-state index is -0.557. The van der Waals surface area contributed by atoms with Crippen molar-refractivity contribution in [3.05, 3.63) is 32.5 Å². The molecule has 0 amide bonds. The van der Waals surface area contributed by atoms with Gasteiger partial charge in [-0.05, 0) is 12.1 Å². The van der Waals surface area contributed by atoms with Gasteiger partial charge in [0.25, 0.3) is 5.56 Å². The lowest BCUT2D eigenvalue weighted by atomic mass is 10.2. The molecule has 0 saturated heterocycles. The van der Waals surface area contributed by atoms with E-state index >= 15 is 0 Å². The summed E-state index contributed by atoms with van der Waals surface area (Å²) in [4.78, 5) is 13.7. The molecule has 0 radical (unpaired) electrons. The van der Waals surface area contributed by atoms with E-state index in [9.17, 15) is 9.90 Å². The minimum Gasteiger partial charge on any atom is -0.505 e. The summed E-state index contributed by atoms with van der Waals surface area (Å²) in [6.45, 7) is 0. The summed E-state index contributed by atoms with van der Waals surface area (Å²) in [5.41, 5.74) is 4.96. The number of pyridine rings is 1. The summed E-state index contributed by atoms with van der Waals surface area (Å²) in [6.07, 6.45) is 0. The number of H-pyrrole nitrogens is 1. The van der Waals surface area contributed by atoms with Crippen LogP contribution in [0.5, 0.6) is 5.75 Å². The smallest absolute Gasteiger partial charge is 0.275 e. The number of aromatic nitrogens is 1. The van der Waals surface area contributed by atoms with Gasteiger partial charge in [-0.15, -0.1) is 0 Å². The number of nitrogen functional groups attached to an aromatic ring is 1. The number of benzene rings is 1. The third-order valence-electron chi connectivity index (χ3n) is 2.06. The molecule has 0 saturated carbocycles. The Kier molecular flexibility index (Phi) is 2.25. The number of nitrogens with one attached hydrogen (secondary N) is 1. The van der Waals surface area contributed by atoms with Crippen LogP contribution in [0.2, 0.25) is 10.0 Å². The first-order valence-corrected chi connectivity index (χ1v) is 4.76. The van der Waals surface area contributed by atoms with Gasteiger partial charge in [-0.25, -0.2) is 0 Å². The van der Waals surface area contributed by atoms with E-state index in [1.165, 1.54) is 12.1 Å². The number of anilines is 1. The molecule has 0 unspecified atom stereocenters. The standard InChI is InChI=1S/C9H6Cl2N2O2/c10-4-1-3-6(2-5(4)11)13-9(15)7(12)8(3)14/h1-2H,12H2,(H2,13,14,15). The van der Waals surface area contributed by atoms with E-state index in [4.69, 9.17) is 28.9 Å². The second kappa shape index (κ2) is 3.32. The summed E-state index contributed by atoms with van der Waals surface area (Å²) in [6, 6.07) is 2.90. The molecule has 4 nitrogen and oxygen atoms in total. The number of rotatable bonds is 0. The van der Waals surface area contributed by atoms with Gasteiger partial charge in [0.2, 0.25) is 0 Å². The van der Waals surface area contributed by atoms with Gasteiger partial charge in [-0.1, -0.05) is 23.2 Å². The number of nitrogens with two attached hydrogens (primary N) is 1. The normalized spacial score (nSPS) is 10.8. The van der Waals surface area contributed by atoms with Crippen LogP contribution in [0.4, 0.5) is 5.69 Å². The van der Waals surface area contributed by atoms with Crippen molar-refractivity contribution in [2.24, 2.45) is 0 Å². The van der Waals surface area contributed by atoms with Crippen LogP contribution in [-0.4, -0.2) is 10.1 Å². The van der Waals surface area contributed by atoms with Crippen LogP contribution in [-0.2, 0) is 0 Å². The van der Waals surface area contributed by atoms with E-state index in [-0.39, 0.29) is 16.5 Å². The van der Waals surface area contributed by atoms with Gasteiger partial charge in [0, 0.05) is 5.39 Å². The largest absolute Gasteiger partial charge is 0.505 e. The van der Waals surface area contributed by atoms with Gasteiger partial charge in [-0.2, -0.15) is 0 Å². The Balaban J connectivity index is 3.00. The quantitative estimate of drug-likeness (QED) is 0.665. The molecule has 0 aliphatic heterocycles. The Labute approximate surface area is 94.2 Å². The summed E-state index contributed by atoms with van der Waals surface area (Å²) in [5, 5.41) is 10.5. The van der Waals surface area contributed by atoms with Gasteiger partial charge in [0.05, 0.1) is 15.6 Å². The predicted molar refractivity (Wildman–Crippen MR) is 60.7 cm³/mol. The van der Waals surface area contributed by atoms with Crippen molar-refractivity contribution in [1.82, 2.24) is 4.98 Å². The first kappa shape index (κ1) is 10.1. The molecule has 0 atom stereocenters. The Morgan fingerprint density at radius 3 is 2.53 bits per heavy atom. The van der Waals surface area contributed by atoms with Gasteiger partial charge in [0.1, 0.15) is 5.69 Å². The zero-order valence-electron chi connectivity index (χ0n) is 7.34. The summed E-state index contributed by atoms with van der Waals surface area (Å²) >= 11 is 11.5. The third kappa shape index (κ3) is 1.52. The van der Waals surface area contributed by atoms with E-state index in [0.29, 0.717) is 15.9 Å². The van der Waals surface area contributed by atoms with Crippen molar-refractivity contribution in [2.75, 3.05) is 5.73 Å². The van der Waals surface area contributed by atoms with Gasteiger partial charge in [-0.3, -0.25) is 4.79 Å². The molecule has 4 N–H and O–H groups in total. The van der Waals surface area contributed by atoms with Crippen molar-refractivity contribution in [3.8, 4) is 5.75 Å². The lowest BCUT2D eigenvalue weighted by molar-refractivity contribution is 0.483. The highest BCUT2D eigenvalue weighted by Crippen LogP contribution is 2.32. The number of fused-ring (bicyclic) bond motifs is 1. The topological polar surface area (TPSA) is 79.1 Å². The molecule has 78 valence electrons. The fourth-order valence-electron chi connectivity index (χ4n) is 1.29. The first-order valence-electron chi connectivity index (χ1n) is 4.00. The van der Waals surface area contributed by atoms with Crippen molar-refractivity contribution in [2.45, 2.75) is 0 Å². The van der Waals surface area contributed by atoms with Crippen molar-refractivity contribution < 1.29 is 5.11 Å². The van der Waals surface area contributed by atoms with Crippen molar-refractivity contribution in [1.29, 1.82) is 0 Å². The molecule has 0 aliphatic rings. The second-order valence-corrected chi connectivity index (χ2v) is 3.84. The molecule has 0 spiro atoms. The molecule has 1 aromatic heterocycles. The maximum Gasteiger partial charge on any atom is 0.275 e. The lowest BCUT2D eigenvalue weighted by Gasteiger charge is -2.05. The number of hydrogen-bond acceptors (Lipinski definition) is 3. The van der Waals surface area contributed by atoms with Crippen LogP contribution >= 0.6 is 23.2 Å². The molecule has 0 bridgehead atoms. The summed E-state index contributed by atoms with van der Waals surface area (Å²) < 4.78 is 0. The van der Waals surface area contributed by atoms with Crippen LogP contribution in [0, 0.1) is 0 Å². The SMILES string of the molecule is Nc1c(O)c2cc(Cl)c(Cl)cc2[nH]c1=O. The number of hydrogen-bond donors (Lipinski definition) is 3. The van der Waals surface area contributed by atoms with E-state index in [1.807, 2.05) is 0 Å². The summed E-state index contributed by atoms with van der Waals surface area (Å²) in [5.74, 6) is -0.285. The maximum absolute atomic E-state index is 11.2. The van der Waals surface area contributed by atoms with Gasteiger partial charge >= 0.3 is 0 Å². The second-order valence-electron chi connectivity index (χ2n) is 3.03. The summed E-state index contributed by atoms with van der Waals surface area (Å²) in [7, 11) is 0. The zero-order chi connectivity index (χ0) is 11.2. The van der Waals surface area contributed by atoms with Crippen LogP contribution in [0.3, 0.4) is 0 Å². The van der Waals surface area contributed by atoms with E-state index in [1.54, 1.807) is 0 Å². The molecule has 1 aromatic carbocycles. The molecule has 1 heterocycles. The third-order valence-corrected chi connectivity index (χ3v) is 2.79. The van der Waals surface area contributed by atoms with Crippen LogP contribution in [0.15, 0.2) is 16.9 Å². The molecular weight excluding hydrogens is 239 g/mol. The molecule has 0 fully saturated rings. The predicted octanol–water partition coefficient (Wildman–Crippen LogP) is 2.12. The average molecular weight is 245 g/mol. The molecule has 15 heavy (non-hydrogen) atoms. The maximum atomic E-state index is 11.2. The first-order chi connectivity index (χ1) is 7.00.